The van der Waals surface area contributed by atoms with Gasteiger partial charge in [0.2, 0.25) is 0 Å². The van der Waals surface area contributed by atoms with Gasteiger partial charge in [-0.05, 0) is 19.9 Å². The summed E-state index contributed by atoms with van der Waals surface area (Å²) < 4.78 is 2.20. The minimum Gasteiger partial charge on any atom is -0.392 e. The SMILES string of the molecule is CC[C@@H](O)CN(C)Cc1nnc2n1CCC2. The lowest BCUT2D eigenvalue weighted by Crippen LogP contribution is -2.29. The monoisotopic (exact) mass is 224 g/mol. The first kappa shape index (κ1) is 11.5. The van der Waals surface area contributed by atoms with Gasteiger partial charge in [-0.3, -0.25) is 4.90 Å². The zero-order chi connectivity index (χ0) is 11.5. The number of fused-ring (bicyclic) bond motifs is 1. The Morgan fingerprint density at radius 1 is 1.50 bits per heavy atom. The van der Waals surface area contributed by atoms with Crippen LogP contribution < -0.4 is 0 Å². The number of hydrogen-bond acceptors (Lipinski definition) is 4. The summed E-state index contributed by atoms with van der Waals surface area (Å²) in [5, 5.41) is 17.9. The molecule has 0 aromatic carbocycles. The minimum absolute atomic E-state index is 0.244. The third kappa shape index (κ3) is 2.41. The lowest BCUT2D eigenvalue weighted by Gasteiger charge is -2.19. The summed E-state index contributed by atoms with van der Waals surface area (Å²) in [5.74, 6) is 2.14. The highest BCUT2D eigenvalue weighted by Crippen LogP contribution is 2.14. The maximum absolute atomic E-state index is 9.57. The van der Waals surface area contributed by atoms with Crippen LogP contribution in [0.3, 0.4) is 0 Å². The van der Waals surface area contributed by atoms with Crippen LogP contribution in [0.5, 0.6) is 0 Å². The predicted molar refractivity (Wildman–Crippen MR) is 61.0 cm³/mol. The number of aliphatic hydroxyl groups excluding tert-OH is 1. The largest absolute Gasteiger partial charge is 0.392 e. The van der Waals surface area contributed by atoms with Gasteiger partial charge >= 0.3 is 0 Å². The molecule has 0 saturated heterocycles. The van der Waals surface area contributed by atoms with Crippen LogP contribution in [0, 0.1) is 0 Å². The quantitative estimate of drug-likeness (QED) is 0.788. The highest BCUT2D eigenvalue weighted by Gasteiger charge is 2.18. The summed E-state index contributed by atoms with van der Waals surface area (Å²) in [5.41, 5.74) is 0. The van der Waals surface area contributed by atoms with Crippen LogP contribution in [-0.4, -0.2) is 44.5 Å². The number of nitrogens with zero attached hydrogens (tertiary/aromatic N) is 4. The van der Waals surface area contributed by atoms with Gasteiger partial charge in [0.15, 0.2) is 0 Å². The standard InChI is InChI=1S/C11H20N4O/c1-3-9(16)7-14(2)8-11-13-12-10-5-4-6-15(10)11/h9,16H,3-8H2,1-2H3/t9-/m1/s1. The fraction of sp³-hybridized carbons (Fsp3) is 0.818. The van der Waals surface area contributed by atoms with Gasteiger partial charge in [0.05, 0.1) is 12.6 Å². The van der Waals surface area contributed by atoms with E-state index in [2.05, 4.69) is 19.7 Å². The fourth-order valence-corrected chi connectivity index (χ4v) is 2.12. The second-order valence-electron chi connectivity index (χ2n) is 4.55. The van der Waals surface area contributed by atoms with E-state index in [-0.39, 0.29) is 6.10 Å². The molecule has 0 radical (unpaired) electrons. The molecule has 1 aromatic heterocycles. The Morgan fingerprint density at radius 2 is 2.31 bits per heavy atom. The lowest BCUT2D eigenvalue weighted by atomic mass is 10.2. The molecule has 2 rings (SSSR count). The van der Waals surface area contributed by atoms with Gasteiger partial charge < -0.3 is 9.67 Å². The summed E-state index contributed by atoms with van der Waals surface area (Å²) in [4.78, 5) is 2.10. The number of likely N-dealkylation sites (N-methyl/N-ethyl adjacent to an activating group) is 1. The Labute approximate surface area is 96.1 Å². The highest BCUT2D eigenvalue weighted by atomic mass is 16.3. The highest BCUT2D eigenvalue weighted by molar-refractivity contribution is 5.00. The lowest BCUT2D eigenvalue weighted by molar-refractivity contribution is 0.117. The van der Waals surface area contributed by atoms with Gasteiger partial charge in [-0.15, -0.1) is 10.2 Å². The second kappa shape index (κ2) is 4.93. The van der Waals surface area contributed by atoms with Gasteiger partial charge in [-0.2, -0.15) is 0 Å². The molecule has 5 nitrogen and oxygen atoms in total. The summed E-state index contributed by atoms with van der Waals surface area (Å²) >= 11 is 0. The normalized spacial score (nSPS) is 16.8. The molecule has 1 aliphatic rings. The second-order valence-corrected chi connectivity index (χ2v) is 4.55. The minimum atomic E-state index is -0.244. The van der Waals surface area contributed by atoms with Crippen LogP contribution in [0.15, 0.2) is 0 Å². The van der Waals surface area contributed by atoms with Gasteiger partial charge in [0.25, 0.3) is 0 Å². The van der Waals surface area contributed by atoms with Crippen LogP contribution >= 0.6 is 0 Å². The van der Waals surface area contributed by atoms with Crippen LogP contribution in [-0.2, 0) is 19.5 Å². The van der Waals surface area contributed by atoms with E-state index < -0.39 is 0 Å². The Hall–Kier alpha value is -0.940. The summed E-state index contributed by atoms with van der Waals surface area (Å²) in [6, 6.07) is 0. The van der Waals surface area contributed by atoms with Gasteiger partial charge in [0, 0.05) is 19.5 Å². The van der Waals surface area contributed by atoms with Crippen molar-refractivity contribution in [3.05, 3.63) is 11.6 Å². The molecule has 0 aliphatic carbocycles. The van der Waals surface area contributed by atoms with E-state index in [0.29, 0.717) is 6.54 Å². The molecule has 0 amide bonds. The zero-order valence-electron chi connectivity index (χ0n) is 10.1. The fourth-order valence-electron chi connectivity index (χ4n) is 2.12. The van der Waals surface area contributed by atoms with Crippen LogP contribution in [0.25, 0.3) is 0 Å². The first-order chi connectivity index (χ1) is 7.70. The molecule has 0 unspecified atom stereocenters. The van der Waals surface area contributed by atoms with Crippen molar-refractivity contribution in [1.82, 2.24) is 19.7 Å². The van der Waals surface area contributed by atoms with E-state index in [1.165, 1.54) is 6.42 Å². The topological polar surface area (TPSA) is 54.2 Å². The first-order valence-electron chi connectivity index (χ1n) is 5.98. The Balaban J connectivity index is 1.93. The Bertz CT molecular complexity index is 350. The molecule has 1 atom stereocenters. The molecule has 0 bridgehead atoms. The Kier molecular flexibility index (Phi) is 3.56. The molecule has 0 saturated carbocycles. The van der Waals surface area contributed by atoms with Crippen molar-refractivity contribution in [3.63, 3.8) is 0 Å². The van der Waals surface area contributed by atoms with E-state index in [1.807, 2.05) is 14.0 Å². The number of hydrogen-bond donors (Lipinski definition) is 1. The van der Waals surface area contributed by atoms with Crippen molar-refractivity contribution in [2.24, 2.45) is 0 Å². The molecule has 1 aromatic rings. The molecule has 16 heavy (non-hydrogen) atoms. The van der Waals surface area contributed by atoms with Crippen LogP contribution in [0.2, 0.25) is 0 Å². The smallest absolute Gasteiger partial charge is 0.147 e. The van der Waals surface area contributed by atoms with Crippen LogP contribution in [0.1, 0.15) is 31.4 Å². The van der Waals surface area contributed by atoms with E-state index in [1.54, 1.807) is 0 Å². The maximum Gasteiger partial charge on any atom is 0.147 e. The van der Waals surface area contributed by atoms with E-state index >= 15 is 0 Å². The van der Waals surface area contributed by atoms with Gasteiger partial charge in [-0.25, -0.2) is 0 Å². The third-order valence-electron chi connectivity index (χ3n) is 3.09. The molecular weight excluding hydrogens is 204 g/mol. The summed E-state index contributed by atoms with van der Waals surface area (Å²) in [7, 11) is 2.01. The van der Waals surface area contributed by atoms with Crippen molar-refractivity contribution >= 4 is 0 Å². The number of aryl methyl sites for hydroxylation is 1. The summed E-state index contributed by atoms with van der Waals surface area (Å²) in [6.45, 7) is 4.50. The molecular formula is C11H20N4O. The average Bonchev–Trinajstić information content (AvgIpc) is 2.82. The average molecular weight is 224 g/mol. The number of aliphatic hydroxyl groups is 1. The third-order valence-corrected chi connectivity index (χ3v) is 3.09. The van der Waals surface area contributed by atoms with Crippen molar-refractivity contribution in [3.8, 4) is 0 Å². The summed E-state index contributed by atoms with van der Waals surface area (Å²) in [6.07, 6.45) is 2.78. The molecule has 1 N–H and O–H groups in total. The zero-order valence-corrected chi connectivity index (χ0v) is 10.1. The number of rotatable bonds is 5. The maximum atomic E-state index is 9.57. The molecule has 2 heterocycles. The van der Waals surface area contributed by atoms with Crippen molar-refractivity contribution in [2.75, 3.05) is 13.6 Å². The van der Waals surface area contributed by atoms with E-state index in [9.17, 15) is 5.11 Å². The molecule has 90 valence electrons. The molecule has 5 heteroatoms. The molecule has 0 fully saturated rings. The van der Waals surface area contributed by atoms with Gasteiger partial charge in [-0.1, -0.05) is 6.92 Å². The molecule has 0 spiro atoms. The van der Waals surface area contributed by atoms with Crippen molar-refractivity contribution < 1.29 is 5.11 Å². The van der Waals surface area contributed by atoms with E-state index in [0.717, 1.165) is 37.6 Å². The number of aromatic nitrogens is 3. The van der Waals surface area contributed by atoms with Crippen molar-refractivity contribution in [2.45, 2.75) is 45.4 Å². The van der Waals surface area contributed by atoms with Crippen molar-refractivity contribution in [1.29, 1.82) is 0 Å². The van der Waals surface area contributed by atoms with Gasteiger partial charge in [0.1, 0.15) is 11.6 Å². The predicted octanol–water partition coefficient (Wildman–Crippen LogP) is 0.427. The molecule has 1 aliphatic heterocycles. The Morgan fingerprint density at radius 3 is 3.06 bits per heavy atom. The van der Waals surface area contributed by atoms with E-state index in [4.69, 9.17) is 0 Å². The van der Waals surface area contributed by atoms with Crippen LogP contribution in [0.4, 0.5) is 0 Å². The first-order valence-corrected chi connectivity index (χ1v) is 5.98.